The molecule has 5 nitrogen and oxygen atoms in total. The number of hydrogen-bond acceptors (Lipinski definition) is 3. The number of rotatable bonds is 6. The van der Waals surface area contributed by atoms with Gasteiger partial charge in [-0.15, -0.1) is 6.58 Å². The molecule has 2 aromatic carbocycles. The van der Waals surface area contributed by atoms with Gasteiger partial charge in [0.25, 0.3) is 5.91 Å². The van der Waals surface area contributed by atoms with Crippen LogP contribution in [0, 0.1) is 11.7 Å². The van der Waals surface area contributed by atoms with Gasteiger partial charge in [-0.2, -0.15) is 0 Å². The van der Waals surface area contributed by atoms with Crippen molar-refractivity contribution in [2.45, 2.75) is 6.42 Å². The van der Waals surface area contributed by atoms with Crippen molar-refractivity contribution in [3.63, 3.8) is 0 Å². The zero-order valence-electron chi connectivity index (χ0n) is 18.4. The fraction of sp³-hybridized carbons (Fsp3) is 0.222. The predicted octanol–water partition coefficient (Wildman–Crippen LogP) is 4.22. The molecule has 2 heterocycles. The summed E-state index contributed by atoms with van der Waals surface area (Å²) in [5.41, 5.74) is 2.65. The lowest BCUT2D eigenvalue weighted by Crippen LogP contribution is -2.38. The lowest BCUT2D eigenvalue weighted by atomic mass is 9.95. The van der Waals surface area contributed by atoms with Crippen LogP contribution in [0.25, 0.3) is 11.1 Å². The molecule has 3 aromatic rings. The first-order chi connectivity index (χ1) is 16.1. The maximum absolute atomic E-state index is 14.1. The molecule has 168 valence electrons. The second-order valence-corrected chi connectivity index (χ2v) is 8.12. The van der Waals surface area contributed by atoms with Crippen LogP contribution in [0.2, 0.25) is 0 Å². The minimum Gasteiger partial charge on any atom is -0.337 e. The number of aromatic nitrogens is 1. The highest BCUT2D eigenvalue weighted by atomic mass is 19.1. The quantitative estimate of drug-likeness (QED) is 0.536. The Kier molecular flexibility index (Phi) is 6.93. The third-order valence-corrected chi connectivity index (χ3v) is 5.88. The summed E-state index contributed by atoms with van der Waals surface area (Å²) in [6.07, 6.45) is 3.78. The van der Waals surface area contributed by atoms with E-state index in [-0.39, 0.29) is 23.5 Å². The molecule has 1 saturated heterocycles. The largest absolute Gasteiger partial charge is 0.337 e. The Morgan fingerprint density at radius 2 is 1.82 bits per heavy atom. The molecule has 6 heteroatoms. The summed E-state index contributed by atoms with van der Waals surface area (Å²) in [6.45, 7) is 5.41. The highest BCUT2D eigenvalue weighted by Gasteiger charge is 2.32. The molecule has 2 amide bonds. The van der Waals surface area contributed by atoms with Gasteiger partial charge < -0.3 is 9.80 Å². The molecule has 1 fully saturated rings. The van der Waals surface area contributed by atoms with Crippen molar-refractivity contribution in [3.8, 4) is 11.1 Å². The molecule has 0 bridgehead atoms. The zero-order chi connectivity index (χ0) is 23.2. The molecule has 1 aliphatic rings. The number of carbonyl (C=O) groups is 2. The van der Waals surface area contributed by atoms with Gasteiger partial charge in [-0.05, 0) is 35.7 Å². The van der Waals surface area contributed by atoms with E-state index >= 15 is 0 Å². The van der Waals surface area contributed by atoms with Crippen LogP contribution in [0.4, 0.5) is 4.39 Å². The van der Waals surface area contributed by atoms with Crippen molar-refractivity contribution in [1.29, 1.82) is 0 Å². The van der Waals surface area contributed by atoms with Gasteiger partial charge in [0.15, 0.2) is 0 Å². The van der Waals surface area contributed by atoms with Gasteiger partial charge in [0, 0.05) is 37.9 Å². The van der Waals surface area contributed by atoms with Gasteiger partial charge in [-0.25, -0.2) is 4.39 Å². The van der Waals surface area contributed by atoms with E-state index in [0.717, 1.165) is 11.1 Å². The Hall–Kier alpha value is -3.80. The molecule has 33 heavy (non-hydrogen) atoms. The third kappa shape index (κ3) is 5.17. The van der Waals surface area contributed by atoms with Crippen LogP contribution in [0.15, 0.2) is 85.6 Å². The minimum absolute atomic E-state index is 0.00408. The van der Waals surface area contributed by atoms with E-state index in [0.29, 0.717) is 43.9 Å². The summed E-state index contributed by atoms with van der Waals surface area (Å²) in [5.74, 6) is -0.833. The number of amides is 2. The summed E-state index contributed by atoms with van der Waals surface area (Å²) in [6, 6.07) is 19.5. The molecule has 0 saturated carbocycles. The van der Waals surface area contributed by atoms with Gasteiger partial charge >= 0.3 is 0 Å². The Balaban J connectivity index is 1.55. The zero-order valence-corrected chi connectivity index (χ0v) is 18.4. The predicted molar refractivity (Wildman–Crippen MR) is 126 cm³/mol. The summed E-state index contributed by atoms with van der Waals surface area (Å²) in [4.78, 5) is 33.9. The van der Waals surface area contributed by atoms with Crippen LogP contribution in [0.1, 0.15) is 16.1 Å². The Morgan fingerprint density at radius 1 is 1.06 bits per heavy atom. The molecule has 0 N–H and O–H groups in total. The maximum Gasteiger partial charge on any atom is 0.272 e. The number of nitrogens with zero attached hydrogens (tertiary/aromatic N) is 3. The van der Waals surface area contributed by atoms with Gasteiger partial charge in [-0.1, -0.05) is 54.6 Å². The van der Waals surface area contributed by atoms with Crippen LogP contribution < -0.4 is 0 Å². The van der Waals surface area contributed by atoms with Gasteiger partial charge in [0.05, 0.1) is 5.92 Å². The van der Waals surface area contributed by atoms with Gasteiger partial charge in [-0.3, -0.25) is 14.6 Å². The molecular formula is C27H26FN3O2. The summed E-state index contributed by atoms with van der Waals surface area (Å²) < 4.78 is 14.1. The summed E-state index contributed by atoms with van der Waals surface area (Å²) in [5, 5.41) is 0. The average molecular weight is 444 g/mol. The lowest BCUT2D eigenvalue weighted by Gasteiger charge is -2.23. The van der Waals surface area contributed by atoms with Crippen molar-refractivity contribution in [3.05, 3.63) is 103 Å². The van der Waals surface area contributed by atoms with Gasteiger partial charge in [0.1, 0.15) is 11.5 Å². The van der Waals surface area contributed by atoms with Gasteiger partial charge in [0.2, 0.25) is 5.91 Å². The van der Waals surface area contributed by atoms with Crippen LogP contribution in [-0.2, 0) is 11.2 Å². The standard InChI is InChI=1S/C27H26FN3O2/c1-2-15-30-16-17-31(27(33)25-9-5-6-14-29-25)19-22(26(30)32)18-20-10-12-21(13-11-20)23-7-3-4-8-24(23)28/h2-14,22H,1,15-19H2. The first kappa shape index (κ1) is 22.4. The normalized spacial score (nSPS) is 16.4. The molecular weight excluding hydrogens is 417 g/mol. The monoisotopic (exact) mass is 443 g/mol. The summed E-state index contributed by atoms with van der Waals surface area (Å²) >= 11 is 0. The van der Waals surface area contributed by atoms with Crippen molar-refractivity contribution in [1.82, 2.24) is 14.8 Å². The first-order valence-corrected chi connectivity index (χ1v) is 11.0. The lowest BCUT2D eigenvalue weighted by molar-refractivity contribution is -0.134. The van der Waals surface area contributed by atoms with Crippen LogP contribution in [0.3, 0.4) is 0 Å². The number of hydrogen-bond donors (Lipinski definition) is 0. The molecule has 1 aromatic heterocycles. The molecule has 0 spiro atoms. The van der Waals surface area contributed by atoms with E-state index in [1.807, 2.05) is 24.3 Å². The molecule has 1 aliphatic heterocycles. The van der Waals surface area contributed by atoms with Crippen molar-refractivity contribution in [2.24, 2.45) is 5.92 Å². The van der Waals surface area contributed by atoms with Crippen molar-refractivity contribution < 1.29 is 14.0 Å². The van der Waals surface area contributed by atoms with Crippen LogP contribution in [-0.4, -0.2) is 52.8 Å². The molecule has 4 rings (SSSR count). The highest BCUT2D eigenvalue weighted by molar-refractivity contribution is 5.93. The van der Waals surface area contributed by atoms with Crippen molar-refractivity contribution >= 4 is 11.8 Å². The molecule has 0 radical (unpaired) electrons. The van der Waals surface area contributed by atoms with E-state index in [4.69, 9.17) is 0 Å². The third-order valence-electron chi connectivity index (χ3n) is 5.88. The Labute approximate surface area is 193 Å². The Bertz CT molecular complexity index is 1130. The first-order valence-electron chi connectivity index (χ1n) is 11.0. The van der Waals surface area contributed by atoms with Crippen LogP contribution >= 0.6 is 0 Å². The fourth-order valence-corrected chi connectivity index (χ4v) is 4.17. The number of pyridine rings is 1. The summed E-state index contributed by atoms with van der Waals surface area (Å²) in [7, 11) is 0. The van der Waals surface area contributed by atoms with E-state index in [1.165, 1.54) is 6.07 Å². The average Bonchev–Trinajstić information content (AvgIpc) is 3.00. The van der Waals surface area contributed by atoms with E-state index < -0.39 is 0 Å². The number of benzene rings is 2. The van der Waals surface area contributed by atoms with Crippen molar-refractivity contribution in [2.75, 3.05) is 26.2 Å². The smallest absolute Gasteiger partial charge is 0.272 e. The molecule has 0 aliphatic carbocycles. The number of carbonyl (C=O) groups excluding carboxylic acids is 2. The fourth-order valence-electron chi connectivity index (χ4n) is 4.17. The highest BCUT2D eigenvalue weighted by Crippen LogP contribution is 2.24. The number of halogens is 1. The van der Waals surface area contributed by atoms with E-state index in [9.17, 15) is 14.0 Å². The molecule has 1 unspecified atom stereocenters. The minimum atomic E-state index is -0.389. The molecule has 1 atom stereocenters. The second-order valence-electron chi connectivity index (χ2n) is 8.12. The Morgan fingerprint density at radius 3 is 2.52 bits per heavy atom. The SMILES string of the molecule is C=CCN1CCN(C(=O)c2ccccn2)CC(Cc2ccc(-c3ccccc3F)cc2)C1=O. The second kappa shape index (κ2) is 10.2. The van der Waals surface area contributed by atoms with E-state index in [1.54, 1.807) is 58.5 Å². The topological polar surface area (TPSA) is 53.5 Å². The maximum atomic E-state index is 14.1. The van der Waals surface area contributed by atoms with E-state index in [2.05, 4.69) is 11.6 Å². The van der Waals surface area contributed by atoms with Crippen LogP contribution in [0.5, 0.6) is 0 Å².